The molecule has 1 atom stereocenters. The van der Waals surface area contributed by atoms with Gasteiger partial charge in [0.2, 0.25) is 11.8 Å². The number of carbonyl (C=O) groups excluding carboxylic acids is 1. The number of nitrogens with zero attached hydrogens (tertiary/aromatic N) is 3. The van der Waals surface area contributed by atoms with Gasteiger partial charge in [-0.15, -0.1) is 0 Å². The van der Waals surface area contributed by atoms with Crippen LogP contribution >= 0.6 is 0 Å². The van der Waals surface area contributed by atoms with Crippen LogP contribution in [0, 0.1) is 16.0 Å². The van der Waals surface area contributed by atoms with Crippen molar-refractivity contribution in [2.24, 2.45) is 5.92 Å². The van der Waals surface area contributed by atoms with E-state index in [0.717, 1.165) is 12.8 Å². The largest absolute Gasteiger partial charge is 0.340 e. The average Bonchev–Trinajstić information content (AvgIpc) is 3.35. The average molecular weight is 356 g/mol. The summed E-state index contributed by atoms with van der Waals surface area (Å²) in [7, 11) is 0. The monoisotopic (exact) mass is 356 g/mol. The molecule has 1 aliphatic carbocycles. The van der Waals surface area contributed by atoms with Gasteiger partial charge < -0.3 is 9.84 Å². The van der Waals surface area contributed by atoms with Crippen LogP contribution in [-0.4, -0.2) is 21.0 Å². The predicted molar refractivity (Wildman–Crippen MR) is 94.1 cm³/mol. The van der Waals surface area contributed by atoms with Crippen LogP contribution in [0.1, 0.15) is 55.9 Å². The van der Waals surface area contributed by atoms with E-state index < -0.39 is 11.0 Å². The molecule has 3 rings (SSSR count). The van der Waals surface area contributed by atoms with Crippen LogP contribution in [0.3, 0.4) is 0 Å². The second-order valence-corrected chi connectivity index (χ2v) is 6.64. The molecule has 8 heteroatoms. The number of para-hydroxylation sites is 1. The first-order valence-electron chi connectivity index (χ1n) is 8.51. The van der Waals surface area contributed by atoms with Crippen LogP contribution in [-0.2, 0) is 4.79 Å². The number of nitro benzene ring substituents is 1. The summed E-state index contributed by atoms with van der Waals surface area (Å²) in [5.41, 5.74) is 0.311. The lowest BCUT2D eigenvalue weighted by molar-refractivity contribution is -0.385. The summed E-state index contributed by atoms with van der Waals surface area (Å²) in [5.74, 6) is 1.11. The highest BCUT2D eigenvalue weighted by molar-refractivity contribution is 5.92. The maximum absolute atomic E-state index is 12.3. The molecule has 136 valence electrons. The maximum Gasteiger partial charge on any atom is 0.276 e. The molecule has 1 unspecified atom stereocenters. The second kappa shape index (κ2) is 7.47. The van der Waals surface area contributed by atoms with Gasteiger partial charge in [-0.3, -0.25) is 14.9 Å². The minimum absolute atomic E-state index is 0.0471. The van der Waals surface area contributed by atoms with Crippen molar-refractivity contribution in [3.63, 3.8) is 0 Å². The number of carbonyl (C=O) groups is 1. The quantitative estimate of drug-likeness (QED) is 0.462. The molecule has 1 N–H and O–H groups in total. The zero-order valence-corrected chi connectivity index (χ0v) is 14.6. The van der Waals surface area contributed by atoms with E-state index in [1.165, 1.54) is 18.2 Å². The molecule has 8 nitrogen and oxygen atoms in total. The Bertz CT molecular complexity index is 839. The molecule has 0 aliphatic heterocycles. The Kier molecular flexibility index (Phi) is 5.11. The fourth-order valence-electron chi connectivity index (χ4n) is 2.56. The molecule has 2 aromatic rings. The topological polar surface area (TPSA) is 111 Å². The molecule has 1 fully saturated rings. The van der Waals surface area contributed by atoms with Gasteiger partial charge in [0, 0.05) is 18.1 Å². The summed E-state index contributed by atoms with van der Waals surface area (Å²) < 4.78 is 5.31. The molecule has 0 radical (unpaired) electrons. The van der Waals surface area contributed by atoms with Gasteiger partial charge in [0.25, 0.3) is 5.69 Å². The Hall–Kier alpha value is -3.03. The molecule has 1 aromatic heterocycles. The molecular formula is C18H20N4O4. The summed E-state index contributed by atoms with van der Waals surface area (Å²) in [6, 6.07) is 5.82. The Morgan fingerprint density at radius 3 is 2.77 bits per heavy atom. The zero-order valence-electron chi connectivity index (χ0n) is 14.6. The number of benzene rings is 1. The first kappa shape index (κ1) is 17.8. The summed E-state index contributed by atoms with van der Waals surface area (Å²) in [5, 5.41) is 17.8. The molecule has 0 bridgehead atoms. The highest BCUT2D eigenvalue weighted by Crippen LogP contribution is 2.38. The summed E-state index contributed by atoms with van der Waals surface area (Å²) in [6.45, 7) is 3.88. The first-order valence-corrected chi connectivity index (χ1v) is 8.51. The van der Waals surface area contributed by atoms with E-state index in [1.54, 1.807) is 18.2 Å². The van der Waals surface area contributed by atoms with E-state index in [2.05, 4.69) is 15.5 Å². The van der Waals surface area contributed by atoms with Crippen molar-refractivity contribution in [2.45, 2.75) is 38.6 Å². The van der Waals surface area contributed by atoms with Crippen LogP contribution in [0.5, 0.6) is 0 Å². The molecular weight excluding hydrogens is 336 g/mol. The Morgan fingerprint density at radius 1 is 1.38 bits per heavy atom. The van der Waals surface area contributed by atoms with Gasteiger partial charge in [0.05, 0.1) is 10.5 Å². The molecule has 1 aliphatic rings. The fourth-order valence-corrected chi connectivity index (χ4v) is 2.56. The van der Waals surface area contributed by atoms with Gasteiger partial charge in [-0.2, -0.15) is 4.98 Å². The lowest BCUT2D eigenvalue weighted by Gasteiger charge is -2.17. The van der Waals surface area contributed by atoms with E-state index in [0.29, 0.717) is 23.2 Å². The summed E-state index contributed by atoms with van der Waals surface area (Å²) >= 11 is 0. The highest BCUT2D eigenvalue weighted by atomic mass is 16.6. The first-order chi connectivity index (χ1) is 12.5. The molecule has 0 saturated heterocycles. The third kappa shape index (κ3) is 4.14. The Morgan fingerprint density at radius 2 is 2.12 bits per heavy atom. The van der Waals surface area contributed by atoms with Crippen LogP contribution in [0.15, 0.2) is 34.9 Å². The summed E-state index contributed by atoms with van der Waals surface area (Å²) in [6.07, 6.45) is 4.83. The Labute approximate surface area is 150 Å². The number of nitrogens with one attached hydrogen (secondary N) is 1. The third-order valence-electron chi connectivity index (χ3n) is 4.18. The second-order valence-electron chi connectivity index (χ2n) is 6.64. The minimum Gasteiger partial charge on any atom is -0.340 e. The number of rotatable bonds is 7. The van der Waals surface area contributed by atoms with Crippen molar-refractivity contribution in [3.8, 4) is 0 Å². The van der Waals surface area contributed by atoms with Crippen molar-refractivity contribution in [3.05, 3.63) is 57.7 Å². The molecule has 1 amide bonds. The van der Waals surface area contributed by atoms with Crippen LogP contribution in [0.2, 0.25) is 0 Å². The predicted octanol–water partition coefficient (Wildman–Crippen LogP) is 3.38. The van der Waals surface area contributed by atoms with Gasteiger partial charge in [-0.05, 0) is 30.9 Å². The maximum atomic E-state index is 12.3. The van der Waals surface area contributed by atoms with Crippen molar-refractivity contribution >= 4 is 17.7 Å². The van der Waals surface area contributed by atoms with Gasteiger partial charge in [-0.1, -0.05) is 31.1 Å². The number of nitro groups is 1. The van der Waals surface area contributed by atoms with Crippen LogP contribution < -0.4 is 5.32 Å². The van der Waals surface area contributed by atoms with Gasteiger partial charge in [0.1, 0.15) is 6.04 Å². The SMILES string of the molecule is CC(C)C(NC(=O)/C=C/c1ccccc1[N+](=O)[O-])c1nc(C2CC2)no1. The van der Waals surface area contributed by atoms with Gasteiger partial charge in [0.15, 0.2) is 5.82 Å². The fraction of sp³-hybridized carbons (Fsp3) is 0.389. The number of aromatic nitrogens is 2. The molecule has 1 aromatic carbocycles. The number of hydrogen-bond acceptors (Lipinski definition) is 6. The number of hydrogen-bond donors (Lipinski definition) is 1. The van der Waals surface area contributed by atoms with E-state index in [4.69, 9.17) is 4.52 Å². The lowest BCUT2D eigenvalue weighted by atomic mass is 10.0. The van der Waals surface area contributed by atoms with Crippen molar-refractivity contribution in [2.75, 3.05) is 0 Å². The zero-order chi connectivity index (χ0) is 18.7. The van der Waals surface area contributed by atoms with E-state index in [9.17, 15) is 14.9 Å². The smallest absolute Gasteiger partial charge is 0.276 e. The van der Waals surface area contributed by atoms with Crippen molar-refractivity contribution in [1.29, 1.82) is 0 Å². The molecule has 1 saturated carbocycles. The third-order valence-corrected chi connectivity index (χ3v) is 4.18. The molecule has 0 spiro atoms. The minimum atomic E-state index is -0.480. The number of amides is 1. The Balaban J connectivity index is 1.71. The van der Waals surface area contributed by atoms with Crippen LogP contribution in [0.25, 0.3) is 6.08 Å². The van der Waals surface area contributed by atoms with Crippen molar-refractivity contribution < 1.29 is 14.2 Å². The van der Waals surface area contributed by atoms with Gasteiger partial charge >= 0.3 is 0 Å². The van der Waals surface area contributed by atoms with Crippen molar-refractivity contribution in [1.82, 2.24) is 15.5 Å². The molecule has 26 heavy (non-hydrogen) atoms. The van der Waals surface area contributed by atoms with Crippen LogP contribution in [0.4, 0.5) is 5.69 Å². The molecule has 1 heterocycles. The summed E-state index contributed by atoms with van der Waals surface area (Å²) in [4.78, 5) is 27.2. The highest BCUT2D eigenvalue weighted by Gasteiger charge is 2.31. The van der Waals surface area contributed by atoms with E-state index in [-0.39, 0.29) is 17.5 Å². The van der Waals surface area contributed by atoms with E-state index in [1.807, 2.05) is 13.8 Å². The standard InChI is InChI=1S/C18H20N4O4/c1-11(2)16(18-20-17(21-26-18)13-7-8-13)19-15(23)10-9-12-5-3-4-6-14(12)22(24)25/h3-6,9-11,13,16H,7-8H2,1-2H3,(H,19,23)/b10-9+. The van der Waals surface area contributed by atoms with Gasteiger partial charge in [-0.25, -0.2) is 0 Å². The van der Waals surface area contributed by atoms with E-state index >= 15 is 0 Å². The normalized spacial score (nSPS) is 15.3. The lowest BCUT2D eigenvalue weighted by Crippen LogP contribution is -2.30.